The highest BCUT2D eigenvalue weighted by molar-refractivity contribution is 8.20. The smallest absolute Gasteiger partial charge is 0.0528 e. The fourth-order valence-corrected chi connectivity index (χ4v) is 4.79. The first-order chi connectivity index (χ1) is 5.11. The minimum absolute atomic E-state index is 0.841. The van der Waals surface area contributed by atoms with Gasteiger partial charge in [-0.2, -0.15) is 0 Å². The molecule has 1 saturated heterocycles. The third-order valence-corrected chi connectivity index (χ3v) is 6.27. The Morgan fingerprint density at radius 3 is 2.00 bits per heavy atom. The number of rotatable bonds is 2. The first-order valence-corrected chi connectivity index (χ1v) is 6.37. The minimum Gasteiger partial charge on any atom is -0.146 e. The first kappa shape index (κ1) is 9.79. The van der Waals surface area contributed by atoms with Crippen LogP contribution in [0, 0.1) is 11.8 Å². The summed E-state index contributed by atoms with van der Waals surface area (Å²) >= 11 is 4.34. The molecule has 0 aromatic carbocycles. The van der Waals surface area contributed by atoms with Gasteiger partial charge in [0.05, 0.1) is 4.58 Å². The maximum absolute atomic E-state index is 2.33. The molecule has 0 saturated carbocycles. The average molecular weight is 190 g/mol. The van der Waals surface area contributed by atoms with E-state index in [0.717, 1.165) is 21.7 Å². The molecule has 1 heterocycles. The molecule has 0 N–H and O–H groups in total. The molecule has 1 aliphatic heterocycles. The van der Waals surface area contributed by atoms with Gasteiger partial charge in [-0.15, -0.1) is 23.5 Å². The van der Waals surface area contributed by atoms with Crippen molar-refractivity contribution in [1.82, 2.24) is 0 Å². The van der Waals surface area contributed by atoms with Crippen LogP contribution in [0.3, 0.4) is 0 Å². The van der Waals surface area contributed by atoms with E-state index in [0.29, 0.717) is 0 Å². The molecule has 2 atom stereocenters. The van der Waals surface area contributed by atoms with Crippen molar-refractivity contribution >= 4 is 23.5 Å². The van der Waals surface area contributed by atoms with E-state index in [1.165, 1.54) is 5.75 Å². The van der Waals surface area contributed by atoms with Crippen molar-refractivity contribution in [2.75, 3.05) is 5.75 Å². The van der Waals surface area contributed by atoms with E-state index in [1.54, 1.807) is 0 Å². The molecule has 66 valence electrons. The Bertz CT molecular complexity index is 107. The molecule has 0 aromatic heterocycles. The summed E-state index contributed by atoms with van der Waals surface area (Å²) in [5, 5.41) is 0.910. The monoisotopic (exact) mass is 190 g/mol. The van der Waals surface area contributed by atoms with Crippen LogP contribution < -0.4 is 0 Å². The maximum Gasteiger partial charge on any atom is 0.0528 e. The van der Waals surface area contributed by atoms with E-state index >= 15 is 0 Å². The lowest BCUT2D eigenvalue weighted by Gasteiger charge is -2.15. The van der Waals surface area contributed by atoms with Crippen LogP contribution in [0.15, 0.2) is 0 Å². The van der Waals surface area contributed by atoms with Gasteiger partial charge in [-0.3, -0.25) is 0 Å². The third kappa shape index (κ3) is 2.59. The SMILES string of the molecule is CC(C)C1CSC(C(C)C)S1. The minimum atomic E-state index is 0.841. The van der Waals surface area contributed by atoms with Crippen molar-refractivity contribution in [2.45, 2.75) is 37.5 Å². The van der Waals surface area contributed by atoms with Crippen molar-refractivity contribution in [1.29, 1.82) is 0 Å². The molecular formula is C9H18S2. The zero-order chi connectivity index (χ0) is 8.43. The van der Waals surface area contributed by atoms with Crippen LogP contribution in [-0.4, -0.2) is 15.6 Å². The predicted molar refractivity (Wildman–Crippen MR) is 57.3 cm³/mol. The van der Waals surface area contributed by atoms with Crippen molar-refractivity contribution in [3.05, 3.63) is 0 Å². The number of hydrogen-bond acceptors (Lipinski definition) is 2. The van der Waals surface area contributed by atoms with E-state index in [9.17, 15) is 0 Å². The largest absolute Gasteiger partial charge is 0.146 e. The molecule has 0 nitrogen and oxygen atoms in total. The van der Waals surface area contributed by atoms with Gasteiger partial charge in [0.15, 0.2) is 0 Å². The summed E-state index contributed by atoms with van der Waals surface area (Å²) in [5.74, 6) is 3.07. The second-order valence-electron chi connectivity index (χ2n) is 3.86. The lowest BCUT2D eigenvalue weighted by Crippen LogP contribution is -2.10. The zero-order valence-electron chi connectivity index (χ0n) is 7.83. The third-order valence-electron chi connectivity index (χ3n) is 2.02. The van der Waals surface area contributed by atoms with Crippen LogP contribution in [-0.2, 0) is 0 Å². The van der Waals surface area contributed by atoms with Crippen LogP contribution in [0.2, 0.25) is 0 Å². The van der Waals surface area contributed by atoms with E-state index < -0.39 is 0 Å². The van der Waals surface area contributed by atoms with Gasteiger partial charge in [-0.25, -0.2) is 0 Å². The van der Waals surface area contributed by atoms with Gasteiger partial charge in [0.1, 0.15) is 0 Å². The summed E-state index contributed by atoms with van der Waals surface area (Å²) in [4.78, 5) is 0. The van der Waals surface area contributed by atoms with Gasteiger partial charge in [-0.1, -0.05) is 27.7 Å². The summed E-state index contributed by atoms with van der Waals surface area (Å²) in [6, 6.07) is 0. The van der Waals surface area contributed by atoms with Gasteiger partial charge in [0.2, 0.25) is 0 Å². The van der Waals surface area contributed by atoms with Crippen LogP contribution in [0.5, 0.6) is 0 Å². The van der Waals surface area contributed by atoms with E-state index in [1.807, 2.05) is 0 Å². The van der Waals surface area contributed by atoms with E-state index in [2.05, 4.69) is 51.2 Å². The topological polar surface area (TPSA) is 0 Å². The van der Waals surface area contributed by atoms with Crippen molar-refractivity contribution in [2.24, 2.45) is 11.8 Å². The van der Waals surface area contributed by atoms with Crippen LogP contribution in [0.1, 0.15) is 27.7 Å². The molecular weight excluding hydrogens is 172 g/mol. The Labute approximate surface area is 78.9 Å². The standard InChI is InChI=1S/C9H18S2/c1-6(2)8-5-10-9(11-8)7(3)4/h6-9H,5H2,1-4H3. The number of thioether (sulfide) groups is 2. The molecule has 1 fully saturated rings. The van der Waals surface area contributed by atoms with E-state index in [-0.39, 0.29) is 0 Å². The lowest BCUT2D eigenvalue weighted by atomic mass is 10.1. The molecule has 0 aromatic rings. The Kier molecular flexibility index (Phi) is 3.63. The first-order valence-electron chi connectivity index (χ1n) is 4.38. The Hall–Kier alpha value is 0.700. The van der Waals surface area contributed by atoms with Gasteiger partial charge < -0.3 is 0 Å². The predicted octanol–water partition coefficient (Wildman–Crippen LogP) is 3.47. The van der Waals surface area contributed by atoms with Crippen LogP contribution in [0.4, 0.5) is 0 Å². The Morgan fingerprint density at radius 1 is 1.09 bits per heavy atom. The van der Waals surface area contributed by atoms with Gasteiger partial charge >= 0.3 is 0 Å². The summed E-state index contributed by atoms with van der Waals surface area (Å²) in [6.07, 6.45) is 0. The summed E-state index contributed by atoms with van der Waals surface area (Å²) in [6.45, 7) is 9.32. The molecule has 1 rings (SSSR count). The molecule has 0 aliphatic carbocycles. The Balaban J connectivity index is 2.35. The second kappa shape index (κ2) is 4.08. The highest BCUT2D eigenvalue weighted by Gasteiger charge is 2.29. The Morgan fingerprint density at radius 2 is 1.73 bits per heavy atom. The normalized spacial score (nSPS) is 32.2. The molecule has 0 spiro atoms. The maximum atomic E-state index is 2.33. The van der Waals surface area contributed by atoms with Gasteiger partial charge in [0, 0.05) is 11.0 Å². The number of hydrogen-bond donors (Lipinski definition) is 0. The van der Waals surface area contributed by atoms with Crippen LogP contribution in [0.25, 0.3) is 0 Å². The van der Waals surface area contributed by atoms with Gasteiger partial charge in [-0.05, 0) is 11.8 Å². The van der Waals surface area contributed by atoms with Crippen molar-refractivity contribution < 1.29 is 0 Å². The molecule has 11 heavy (non-hydrogen) atoms. The summed E-state index contributed by atoms with van der Waals surface area (Å²) < 4.78 is 0.863. The van der Waals surface area contributed by atoms with Crippen LogP contribution >= 0.6 is 23.5 Å². The fourth-order valence-electron chi connectivity index (χ4n) is 1.14. The molecule has 0 bridgehead atoms. The van der Waals surface area contributed by atoms with Crippen molar-refractivity contribution in [3.8, 4) is 0 Å². The fraction of sp³-hybridized carbons (Fsp3) is 1.00. The molecule has 0 radical (unpaired) electrons. The average Bonchev–Trinajstić information content (AvgIpc) is 2.33. The van der Waals surface area contributed by atoms with Crippen molar-refractivity contribution in [3.63, 3.8) is 0 Å². The summed E-state index contributed by atoms with van der Waals surface area (Å²) in [7, 11) is 0. The lowest BCUT2D eigenvalue weighted by molar-refractivity contribution is 0.649. The quantitative estimate of drug-likeness (QED) is 0.654. The second-order valence-corrected chi connectivity index (χ2v) is 6.72. The highest BCUT2D eigenvalue weighted by atomic mass is 32.2. The molecule has 2 unspecified atom stereocenters. The molecule has 2 heteroatoms. The van der Waals surface area contributed by atoms with E-state index in [4.69, 9.17) is 0 Å². The zero-order valence-corrected chi connectivity index (χ0v) is 9.47. The summed E-state index contributed by atoms with van der Waals surface area (Å²) in [5.41, 5.74) is 0. The molecule has 1 aliphatic rings. The molecule has 0 amide bonds. The van der Waals surface area contributed by atoms with Gasteiger partial charge in [0.25, 0.3) is 0 Å². The highest BCUT2D eigenvalue weighted by Crippen LogP contribution is 2.44.